The highest BCUT2D eigenvalue weighted by Crippen LogP contribution is 2.49. The van der Waals surface area contributed by atoms with Gasteiger partial charge in [0, 0.05) is 23.4 Å². The molecule has 0 amide bonds. The van der Waals surface area contributed by atoms with Gasteiger partial charge in [-0.15, -0.1) is 0 Å². The van der Waals surface area contributed by atoms with E-state index in [9.17, 15) is 9.59 Å². The number of hydrogen-bond donors (Lipinski definition) is 0. The van der Waals surface area contributed by atoms with Gasteiger partial charge in [-0.25, -0.2) is 4.79 Å². The molecule has 29 heavy (non-hydrogen) atoms. The van der Waals surface area contributed by atoms with E-state index in [1.165, 1.54) is 11.1 Å². The number of nitrogens with zero attached hydrogens (tertiary/aromatic N) is 1. The summed E-state index contributed by atoms with van der Waals surface area (Å²) in [5.74, 6) is 0.329. The number of unbranched alkanes of at least 4 members (excludes halogenated alkanes) is 1. The van der Waals surface area contributed by atoms with Crippen molar-refractivity contribution in [3.63, 3.8) is 0 Å². The van der Waals surface area contributed by atoms with Crippen molar-refractivity contribution < 1.29 is 14.3 Å². The van der Waals surface area contributed by atoms with Gasteiger partial charge in [-0.3, -0.25) is 4.79 Å². The molecule has 1 aromatic heterocycles. The summed E-state index contributed by atoms with van der Waals surface area (Å²) >= 11 is 0. The Bertz CT molecular complexity index is 1000. The van der Waals surface area contributed by atoms with E-state index in [-0.39, 0.29) is 23.1 Å². The number of aryl methyl sites for hydroxylation is 1. The summed E-state index contributed by atoms with van der Waals surface area (Å²) in [4.78, 5) is 25.1. The van der Waals surface area contributed by atoms with Gasteiger partial charge < -0.3 is 14.0 Å². The maximum atomic E-state index is 12.8. The van der Waals surface area contributed by atoms with Crippen LogP contribution in [0.15, 0.2) is 29.2 Å². The molecule has 0 unspecified atom stereocenters. The summed E-state index contributed by atoms with van der Waals surface area (Å²) in [6.45, 7) is 4.20. The number of aromatic nitrogens is 1. The van der Waals surface area contributed by atoms with Crippen LogP contribution >= 0.6 is 0 Å². The average molecular weight is 395 g/mol. The lowest BCUT2D eigenvalue weighted by Crippen LogP contribution is -2.46. The maximum absolute atomic E-state index is 12.8. The van der Waals surface area contributed by atoms with Gasteiger partial charge in [0.05, 0.1) is 19.4 Å². The number of ether oxygens (including phenoxy) is 2. The fourth-order valence-corrected chi connectivity index (χ4v) is 4.75. The minimum atomic E-state index is -0.541. The number of fused-ring (bicyclic) bond motifs is 4. The molecule has 0 radical (unpaired) electrons. The second kappa shape index (κ2) is 7.69. The van der Waals surface area contributed by atoms with Crippen LogP contribution in [0.4, 0.5) is 0 Å². The molecular weight excluding hydrogens is 366 g/mol. The van der Waals surface area contributed by atoms with E-state index in [1.807, 2.05) is 0 Å². The predicted molar refractivity (Wildman–Crippen MR) is 113 cm³/mol. The van der Waals surface area contributed by atoms with Crippen LogP contribution in [0.2, 0.25) is 0 Å². The summed E-state index contributed by atoms with van der Waals surface area (Å²) in [7, 11) is 1.70. The molecule has 1 fully saturated rings. The van der Waals surface area contributed by atoms with Gasteiger partial charge in [0.2, 0.25) is 0 Å². The fraction of sp³-hybridized carbons (Fsp3) is 0.500. The van der Waals surface area contributed by atoms with Crippen molar-refractivity contribution in [2.24, 2.45) is 0 Å². The van der Waals surface area contributed by atoms with Crippen molar-refractivity contribution in [1.29, 1.82) is 0 Å². The average Bonchev–Trinajstić information content (AvgIpc) is 2.69. The van der Waals surface area contributed by atoms with Crippen LogP contribution in [0.25, 0.3) is 11.3 Å². The molecule has 4 rings (SSSR count). The summed E-state index contributed by atoms with van der Waals surface area (Å²) in [5, 5.41) is 0. The van der Waals surface area contributed by atoms with E-state index in [0.717, 1.165) is 62.0 Å². The number of carbonyl (C=O) groups is 1. The van der Waals surface area contributed by atoms with E-state index < -0.39 is 5.97 Å². The zero-order valence-electron chi connectivity index (χ0n) is 17.5. The Morgan fingerprint density at radius 1 is 1.21 bits per heavy atom. The normalized spacial score (nSPS) is 16.0. The first-order chi connectivity index (χ1) is 14.0. The van der Waals surface area contributed by atoms with E-state index in [0.29, 0.717) is 0 Å². The number of rotatable bonds is 6. The molecule has 1 aliphatic heterocycles. The second-order valence-electron chi connectivity index (χ2n) is 8.21. The monoisotopic (exact) mass is 395 g/mol. The lowest BCUT2D eigenvalue weighted by molar-refractivity contribution is 0.0521. The van der Waals surface area contributed by atoms with E-state index in [4.69, 9.17) is 9.47 Å². The van der Waals surface area contributed by atoms with Crippen LogP contribution in [0.5, 0.6) is 5.75 Å². The number of hydrogen-bond acceptors (Lipinski definition) is 4. The van der Waals surface area contributed by atoms with Crippen molar-refractivity contribution in [1.82, 2.24) is 4.57 Å². The van der Waals surface area contributed by atoms with Crippen molar-refractivity contribution in [3.8, 4) is 17.0 Å². The smallest absolute Gasteiger partial charge is 0.343 e. The number of benzene rings is 1. The minimum Gasteiger partial charge on any atom is -0.496 e. The molecule has 1 aliphatic carbocycles. The highest BCUT2D eigenvalue weighted by Gasteiger charge is 2.43. The van der Waals surface area contributed by atoms with E-state index >= 15 is 0 Å². The predicted octanol–water partition coefficient (Wildman–Crippen LogP) is 4.48. The van der Waals surface area contributed by atoms with Gasteiger partial charge in [0.15, 0.2) is 5.43 Å². The molecule has 5 nitrogen and oxygen atoms in total. The topological polar surface area (TPSA) is 57.5 Å². The zero-order valence-corrected chi connectivity index (χ0v) is 17.5. The maximum Gasteiger partial charge on any atom is 0.343 e. The first-order valence-corrected chi connectivity index (χ1v) is 10.7. The largest absolute Gasteiger partial charge is 0.496 e. The number of methoxy groups -OCH3 is 1. The van der Waals surface area contributed by atoms with Crippen molar-refractivity contribution >= 4 is 5.97 Å². The Labute approximate surface area is 171 Å². The Morgan fingerprint density at radius 3 is 2.62 bits per heavy atom. The Hall–Kier alpha value is -2.56. The molecule has 0 bridgehead atoms. The van der Waals surface area contributed by atoms with Crippen molar-refractivity contribution in [2.45, 2.75) is 64.3 Å². The lowest BCUT2D eigenvalue weighted by Gasteiger charge is -2.49. The molecule has 2 aromatic rings. The lowest BCUT2D eigenvalue weighted by atomic mass is 9.69. The van der Waals surface area contributed by atoms with Crippen LogP contribution in [0, 0.1) is 0 Å². The summed E-state index contributed by atoms with van der Waals surface area (Å²) in [6, 6.07) is 5.95. The summed E-state index contributed by atoms with van der Waals surface area (Å²) in [5.41, 5.74) is 4.22. The third kappa shape index (κ3) is 3.26. The highest BCUT2D eigenvalue weighted by atomic mass is 16.5. The molecule has 154 valence electrons. The van der Waals surface area contributed by atoms with Crippen molar-refractivity contribution in [2.75, 3.05) is 13.7 Å². The van der Waals surface area contributed by atoms with Gasteiger partial charge in [0.1, 0.15) is 11.3 Å². The van der Waals surface area contributed by atoms with Crippen LogP contribution in [-0.4, -0.2) is 24.3 Å². The first-order valence-electron chi connectivity index (χ1n) is 10.7. The molecule has 0 saturated heterocycles. The molecule has 2 aliphatic rings. The third-order valence-electron chi connectivity index (χ3n) is 6.44. The Balaban J connectivity index is 1.88. The van der Waals surface area contributed by atoms with Crippen molar-refractivity contribution in [3.05, 3.63) is 51.3 Å². The van der Waals surface area contributed by atoms with Crippen LogP contribution < -0.4 is 10.2 Å². The fourth-order valence-electron chi connectivity index (χ4n) is 4.75. The number of pyridine rings is 1. The van der Waals surface area contributed by atoms with Gasteiger partial charge in [-0.2, -0.15) is 0 Å². The molecule has 1 aromatic carbocycles. The second-order valence-corrected chi connectivity index (χ2v) is 8.21. The Morgan fingerprint density at radius 2 is 2.00 bits per heavy atom. The Kier molecular flexibility index (Phi) is 5.24. The summed E-state index contributed by atoms with van der Waals surface area (Å²) < 4.78 is 12.9. The van der Waals surface area contributed by atoms with Gasteiger partial charge in [-0.1, -0.05) is 19.4 Å². The van der Waals surface area contributed by atoms with Gasteiger partial charge in [0.25, 0.3) is 0 Å². The molecule has 2 heterocycles. The highest BCUT2D eigenvalue weighted by molar-refractivity contribution is 5.89. The first kappa shape index (κ1) is 19.7. The third-order valence-corrected chi connectivity index (χ3v) is 6.44. The van der Waals surface area contributed by atoms with Crippen LogP contribution in [-0.2, 0) is 23.1 Å². The van der Waals surface area contributed by atoms with E-state index in [1.54, 1.807) is 26.3 Å². The molecule has 1 spiro atoms. The molecule has 0 N–H and O–H groups in total. The minimum absolute atomic E-state index is 0.0477. The van der Waals surface area contributed by atoms with Gasteiger partial charge >= 0.3 is 5.97 Å². The zero-order chi connectivity index (χ0) is 20.6. The molecule has 1 saturated carbocycles. The quantitative estimate of drug-likeness (QED) is 0.677. The number of carbonyl (C=O) groups excluding carboxylic acids is 1. The molecule has 0 atom stereocenters. The van der Waals surface area contributed by atoms with Gasteiger partial charge in [-0.05, 0) is 62.6 Å². The summed E-state index contributed by atoms with van der Waals surface area (Å²) in [6.07, 6.45) is 9.18. The van der Waals surface area contributed by atoms with Crippen LogP contribution in [0.3, 0.4) is 0 Å². The molecular formula is C24H29NO4. The SMILES string of the molecule is CCCCc1cc2c(cc1OC)-c1cc(=O)c(C(=O)OCC)cn1C1(CCC1)C2. The standard InChI is InChI=1S/C24H29NO4/c1-4-6-8-16-11-17-14-24(9-7-10-24)25-15-19(23(27)29-5-2)21(26)13-20(25)18(17)12-22(16)28-3/h11-13,15H,4-10,14H2,1-3H3. The number of esters is 1. The van der Waals surface area contributed by atoms with E-state index in [2.05, 4.69) is 23.6 Å². The molecule has 5 heteroatoms. The van der Waals surface area contributed by atoms with Crippen LogP contribution in [0.1, 0.15) is 67.4 Å².